The zero-order valence-corrected chi connectivity index (χ0v) is 12.6. The van der Waals surface area contributed by atoms with Crippen molar-refractivity contribution in [2.75, 3.05) is 11.9 Å². The fraction of sp³-hybridized carbons (Fsp3) is 0.231. The maximum absolute atomic E-state index is 12.3. The Labute approximate surface area is 139 Å². The Morgan fingerprint density at radius 1 is 1.44 bits per heavy atom. The zero-order valence-electron chi connectivity index (χ0n) is 12.6. The molecule has 134 valence electrons. The van der Waals surface area contributed by atoms with Crippen LogP contribution in [-0.2, 0) is 6.54 Å². The third-order valence-electron chi connectivity index (χ3n) is 2.82. The molecule has 0 atom stereocenters. The molecule has 12 heteroatoms. The highest BCUT2D eigenvalue weighted by Gasteiger charge is 2.32. The molecule has 0 aliphatic carbocycles. The molecule has 0 aliphatic heterocycles. The van der Waals surface area contributed by atoms with Gasteiger partial charge < -0.3 is 15.8 Å². The number of nitro groups is 1. The Morgan fingerprint density at radius 2 is 2.16 bits per heavy atom. The van der Waals surface area contributed by atoms with Crippen molar-refractivity contribution in [3.63, 3.8) is 0 Å². The van der Waals surface area contributed by atoms with Crippen LogP contribution in [0.3, 0.4) is 0 Å². The number of para-hydroxylation sites is 2. The fourth-order valence-electron chi connectivity index (χ4n) is 1.80. The Hall–Kier alpha value is -3.31. The average Bonchev–Trinajstić information content (AvgIpc) is 2.97. The van der Waals surface area contributed by atoms with Crippen molar-refractivity contribution in [2.24, 2.45) is 10.7 Å². The number of nitrogens with one attached hydrogen (secondary N) is 1. The van der Waals surface area contributed by atoms with Gasteiger partial charge in [0, 0.05) is 0 Å². The first-order valence-electron chi connectivity index (χ1n) is 6.83. The van der Waals surface area contributed by atoms with Gasteiger partial charge in [0.2, 0.25) is 0 Å². The molecule has 1 heterocycles. The van der Waals surface area contributed by atoms with Crippen LogP contribution in [0.5, 0.6) is 5.75 Å². The average molecular weight is 358 g/mol. The van der Waals surface area contributed by atoms with Gasteiger partial charge in [0.25, 0.3) is 0 Å². The summed E-state index contributed by atoms with van der Waals surface area (Å²) in [5.41, 5.74) is 5.46. The summed E-state index contributed by atoms with van der Waals surface area (Å²) in [6, 6.07) is 5.36. The van der Waals surface area contributed by atoms with E-state index in [4.69, 9.17) is 5.73 Å². The normalized spacial score (nSPS) is 12.0. The molecule has 2 rings (SSSR count). The SMILES string of the molecule is NC(=NCCn1cc([N+](=O)[O-])cn1)Nc1ccccc1OC(F)(F)F. The number of nitrogens with zero attached hydrogens (tertiary/aromatic N) is 4. The number of ether oxygens (including phenoxy) is 1. The second kappa shape index (κ2) is 7.51. The lowest BCUT2D eigenvalue weighted by Crippen LogP contribution is -2.25. The highest BCUT2D eigenvalue weighted by atomic mass is 19.4. The maximum Gasteiger partial charge on any atom is 0.573 e. The molecule has 9 nitrogen and oxygen atoms in total. The number of rotatable bonds is 6. The van der Waals surface area contributed by atoms with Crippen LogP contribution in [0.25, 0.3) is 0 Å². The van der Waals surface area contributed by atoms with Crippen molar-refractivity contribution in [1.29, 1.82) is 0 Å². The van der Waals surface area contributed by atoms with Crippen LogP contribution in [0.1, 0.15) is 0 Å². The highest BCUT2D eigenvalue weighted by molar-refractivity contribution is 5.93. The number of anilines is 1. The first kappa shape index (κ1) is 18.0. The number of halogens is 3. The van der Waals surface area contributed by atoms with E-state index in [2.05, 4.69) is 20.1 Å². The Bertz CT molecular complexity index is 774. The molecule has 1 aromatic carbocycles. The number of hydrogen-bond donors (Lipinski definition) is 2. The number of nitrogens with two attached hydrogens (primary N) is 1. The van der Waals surface area contributed by atoms with Gasteiger partial charge in [-0.05, 0) is 12.1 Å². The van der Waals surface area contributed by atoms with E-state index in [0.717, 1.165) is 12.3 Å². The molecule has 0 amide bonds. The summed E-state index contributed by atoms with van der Waals surface area (Å²) in [5, 5.41) is 16.8. The topological polar surface area (TPSA) is 121 Å². The first-order valence-corrected chi connectivity index (χ1v) is 6.83. The summed E-state index contributed by atoms with van der Waals surface area (Å²) in [7, 11) is 0. The number of aliphatic imine (C=N–C) groups is 1. The molecule has 0 fully saturated rings. The van der Waals surface area contributed by atoms with Crippen LogP contribution < -0.4 is 15.8 Å². The van der Waals surface area contributed by atoms with Crippen LogP contribution in [0, 0.1) is 10.1 Å². The monoisotopic (exact) mass is 358 g/mol. The fourth-order valence-corrected chi connectivity index (χ4v) is 1.80. The van der Waals surface area contributed by atoms with E-state index in [-0.39, 0.29) is 30.4 Å². The number of guanidine groups is 1. The Kier molecular flexibility index (Phi) is 5.41. The standard InChI is InChI=1S/C13H13F3N6O3/c14-13(15,16)25-11-4-2-1-3-10(11)20-12(17)18-5-6-21-8-9(7-19-21)22(23)24/h1-4,7-8H,5-6H2,(H3,17,18,20). The van der Waals surface area contributed by atoms with E-state index in [0.29, 0.717) is 0 Å². The van der Waals surface area contributed by atoms with Gasteiger partial charge in [-0.2, -0.15) is 5.10 Å². The molecule has 0 spiro atoms. The van der Waals surface area contributed by atoms with E-state index in [9.17, 15) is 23.3 Å². The lowest BCUT2D eigenvalue weighted by Gasteiger charge is -2.14. The van der Waals surface area contributed by atoms with E-state index in [1.165, 1.54) is 29.1 Å². The van der Waals surface area contributed by atoms with Crippen molar-refractivity contribution in [3.05, 3.63) is 46.8 Å². The van der Waals surface area contributed by atoms with Gasteiger partial charge in [0.05, 0.1) is 23.7 Å². The molecule has 0 unspecified atom stereocenters. The minimum atomic E-state index is -4.83. The van der Waals surface area contributed by atoms with Crippen molar-refractivity contribution >= 4 is 17.3 Å². The first-order chi connectivity index (χ1) is 11.7. The largest absolute Gasteiger partial charge is 0.573 e. The second-order valence-corrected chi connectivity index (χ2v) is 4.65. The smallest absolute Gasteiger partial charge is 0.404 e. The Morgan fingerprint density at radius 3 is 2.80 bits per heavy atom. The van der Waals surface area contributed by atoms with Gasteiger partial charge in [-0.1, -0.05) is 12.1 Å². The van der Waals surface area contributed by atoms with Crippen LogP contribution >= 0.6 is 0 Å². The summed E-state index contributed by atoms with van der Waals surface area (Å²) in [6.45, 7) is 0.316. The van der Waals surface area contributed by atoms with Gasteiger partial charge in [-0.3, -0.25) is 19.8 Å². The third-order valence-corrected chi connectivity index (χ3v) is 2.82. The van der Waals surface area contributed by atoms with Crippen molar-refractivity contribution < 1.29 is 22.8 Å². The molecule has 3 N–H and O–H groups in total. The molecule has 25 heavy (non-hydrogen) atoms. The van der Waals surface area contributed by atoms with Gasteiger partial charge in [-0.25, -0.2) is 0 Å². The van der Waals surface area contributed by atoms with E-state index < -0.39 is 17.0 Å². The van der Waals surface area contributed by atoms with Crippen molar-refractivity contribution in [1.82, 2.24) is 9.78 Å². The molecular weight excluding hydrogens is 345 g/mol. The minimum Gasteiger partial charge on any atom is -0.404 e. The molecule has 2 aromatic rings. The quantitative estimate of drug-likeness (QED) is 0.353. The lowest BCUT2D eigenvalue weighted by atomic mass is 10.3. The van der Waals surface area contributed by atoms with Crippen LogP contribution in [0.4, 0.5) is 24.5 Å². The predicted octanol–water partition coefficient (Wildman–Crippen LogP) is 2.12. The zero-order chi connectivity index (χ0) is 18.4. The molecule has 0 saturated heterocycles. The van der Waals surface area contributed by atoms with E-state index in [1.807, 2.05) is 0 Å². The molecule has 0 radical (unpaired) electrons. The predicted molar refractivity (Wildman–Crippen MR) is 82.1 cm³/mol. The highest BCUT2D eigenvalue weighted by Crippen LogP contribution is 2.29. The summed E-state index contributed by atoms with van der Waals surface area (Å²) >= 11 is 0. The van der Waals surface area contributed by atoms with Gasteiger partial charge in [0.15, 0.2) is 11.7 Å². The number of aromatic nitrogens is 2. The summed E-state index contributed by atoms with van der Waals surface area (Å²) in [4.78, 5) is 13.9. The van der Waals surface area contributed by atoms with Crippen molar-refractivity contribution in [2.45, 2.75) is 12.9 Å². The number of hydrogen-bond acceptors (Lipinski definition) is 5. The third kappa shape index (κ3) is 5.67. The lowest BCUT2D eigenvalue weighted by molar-refractivity contribution is -0.385. The van der Waals surface area contributed by atoms with Crippen LogP contribution in [0.2, 0.25) is 0 Å². The summed E-state index contributed by atoms with van der Waals surface area (Å²) < 4.78 is 42.2. The summed E-state index contributed by atoms with van der Waals surface area (Å²) in [5.74, 6) is -0.587. The second-order valence-electron chi connectivity index (χ2n) is 4.65. The van der Waals surface area contributed by atoms with Gasteiger partial charge >= 0.3 is 12.0 Å². The Balaban J connectivity index is 1.96. The molecule has 0 saturated carbocycles. The van der Waals surface area contributed by atoms with E-state index in [1.54, 1.807) is 0 Å². The van der Waals surface area contributed by atoms with Crippen LogP contribution in [0.15, 0.2) is 41.7 Å². The minimum absolute atomic E-state index is 0.00389. The van der Waals surface area contributed by atoms with Crippen LogP contribution in [-0.4, -0.2) is 33.6 Å². The van der Waals surface area contributed by atoms with E-state index >= 15 is 0 Å². The van der Waals surface area contributed by atoms with Gasteiger partial charge in [0.1, 0.15) is 12.4 Å². The number of alkyl halides is 3. The summed E-state index contributed by atoms with van der Waals surface area (Å²) in [6.07, 6.45) is -2.51. The molecule has 1 aromatic heterocycles. The molecule has 0 aliphatic rings. The number of benzene rings is 1. The van der Waals surface area contributed by atoms with Crippen molar-refractivity contribution in [3.8, 4) is 5.75 Å². The molecular formula is C13H13F3N6O3. The maximum atomic E-state index is 12.3. The van der Waals surface area contributed by atoms with Gasteiger partial charge in [-0.15, -0.1) is 13.2 Å². The molecule has 0 bridgehead atoms.